The summed E-state index contributed by atoms with van der Waals surface area (Å²) < 4.78 is 0. The lowest BCUT2D eigenvalue weighted by atomic mass is 10.1. The molecule has 0 aliphatic heterocycles. The Morgan fingerprint density at radius 2 is 1.88 bits per heavy atom. The Hall–Kier alpha value is -0.530. The molecule has 1 aliphatic rings. The highest BCUT2D eigenvalue weighted by Crippen LogP contribution is 2.24. The van der Waals surface area contributed by atoms with Gasteiger partial charge in [-0.25, -0.2) is 0 Å². The number of rotatable bonds is 1. The van der Waals surface area contributed by atoms with Gasteiger partial charge in [-0.2, -0.15) is 0 Å². The van der Waals surface area contributed by atoms with Crippen LogP contribution in [0.4, 0.5) is 0 Å². The summed E-state index contributed by atoms with van der Waals surface area (Å²) in [6.07, 6.45) is 4.22. The minimum atomic E-state index is -0.359. The normalized spacial score (nSPS) is 21.5. The van der Waals surface area contributed by atoms with Gasteiger partial charge < -0.3 is 5.11 Å². The van der Waals surface area contributed by atoms with E-state index in [0.29, 0.717) is 0 Å². The Kier molecular flexibility index (Phi) is 1.51. The maximum atomic E-state index is 10.3. The van der Waals surface area contributed by atoms with E-state index in [1.165, 1.54) is 0 Å². The fourth-order valence-electron chi connectivity index (χ4n) is 1.19. The molecule has 0 spiro atoms. The van der Waals surface area contributed by atoms with Crippen LogP contribution in [-0.4, -0.2) is 11.1 Å². The highest BCUT2D eigenvalue weighted by atomic mass is 16.4. The van der Waals surface area contributed by atoms with Gasteiger partial charge in [-0.15, -0.1) is 0 Å². The van der Waals surface area contributed by atoms with Crippen LogP contribution in [0.15, 0.2) is 0 Å². The average Bonchev–Trinajstić information content (AvgIpc) is 2.12. The maximum Gasteiger partial charge on any atom is 0.519 e. The molecule has 0 aromatic rings. The van der Waals surface area contributed by atoms with E-state index in [2.05, 4.69) is 0 Å². The molecule has 1 rings (SSSR count). The van der Waals surface area contributed by atoms with E-state index < -0.39 is 0 Å². The van der Waals surface area contributed by atoms with Gasteiger partial charge in [0.1, 0.15) is 5.92 Å². The monoisotopic (exact) mass is 115 g/mol. The van der Waals surface area contributed by atoms with Crippen LogP contribution in [0.25, 0.3) is 0 Å². The minimum absolute atomic E-state index is 0.0926. The zero-order valence-corrected chi connectivity index (χ0v) is 4.81. The van der Waals surface area contributed by atoms with Crippen molar-refractivity contribution in [2.24, 2.45) is 5.92 Å². The Labute approximate surface area is 48.5 Å². The summed E-state index contributed by atoms with van der Waals surface area (Å²) in [6.45, 7) is 0. The molecule has 2 nitrogen and oxygen atoms in total. The van der Waals surface area contributed by atoms with Gasteiger partial charge >= 0.3 is 5.97 Å². The fourth-order valence-corrected chi connectivity index (χ4v) is 1.19. The van der Waals surface area contributed by atoms with Crippen LogP contribution in [0.1, 0.15) is 25.7 Å². The van der Waals surface area contributed by atoms with Crippen molar-refractivity contribution in [2.75, 3.05) is 0 Å². The van der Waals surface area contributed by atoms with Crippen LogP contribution in [-0.2, 0) is 4.79 Å². The van der Waals surface area contributed by atoms with Crippen LogP contribution in [0.5, 0.6) is 0 Å². The second-order valence-corrected chi connectivity index (χ2v) is 2.35. The number of hydrogen-bond donors (Lipinski definition) is 0. The Morgan fingerprint density at radius 1 is 1.38 bits per heavy atom. The molecule has 2 N–H and O–H groups in total. The van der Waals surface area contributed by atoms with Crippen molar-refractivity contribution in [2.45, 2.75) is 25.7 Å². The standard InChI is InChI=1S/C6H10O2/c7-6(8)5-3-1-2-4-5/h5H,1-4H2,(H,7,8)/p+1. The van der Waals surface area contributed by atoms with Crippen molar-refractivity contribution in [3.05, 3.63) is 0 Å². The molecular weight excluding hydrogens is 104 g/mol. The fraction of sp³-hybridized carbons (Fsp3) is 0.833. The van der Waals surface area contributed by atoms with Crippen molar-refractivity contribution in [3.8, 4) is 0 Å². The van der Waals surface area contributed by atoms with Crippen LogP contribution < -0.4 is 0 Å². The van der Waals surface area contributed by atoms with Gasteiger partial charge in [0.15, 0.2) is 0 Å². The van der Waals surface area contributed by atoms with Crippen LogP contribution in [0.2, 0.25) is 0 Å². The van der Waals surface area contributed by atoms with E-state index in [4.69, 9.17) is 5.11 Å². The van der Waals surface area contributed by atoms with Gasteiger partial charge in [0, 0.05) is 4.79 Å². The second-order valence-electron chi connectivity index (χ2n) is 2.35. The molecule has 0 aromatic carbocycles. The van der Waals surface area contributed by atoms with Crippen molar-refractivity contribution >= 4 is 5.97 Å². The first-order chi connectivity index (χ1) is 3.80. The van der Waals surface area contributed by atoms with Crippen LogP contribution >= 0.6 is 0 Å². The summed E-state index contributed by atoms with van der Waals surface area (Å²) >= 11 is 0. The van der Waals surface area contributed by atoms with E-state index in [1.807, 2.05) is 0 Å². The van der Waals surface area contributed by atoms with Crippen LogP contribution in [0.3, 0.4) is 0 Å². The molecule has 0 amide bonds. The molecule has 46 valence electrons. The van der Waals surface area contributed by atoms with Crippen LogP contribution in [0, 0.1) is 5.92 Å². The van der Waals surface area contributed by atoms with Crippen molar-refractivity contribution in [1.29, 1.82) is 0 Å². The lowest BCUT2D eigenvalue weighted by molar-refractivity contribution is -0.141. The van der Waals surface area contributed by atoms with Crippen molar-refractivity contribution in [3.63, 3.8) is 0 Å². The molecule has 0 atom stereocenters. The smallest absolute Gasteiger partial charge is 0.519 e. The van der Waals surface area contributed by atoms with Gasteiger partial charge in [0.05, 0.1) is 0 Å². The van der Waals surface area contributed by atoms with Gasteiger partial charge in [-0.1, -0.05) is 12.8 Å². The molecule has 2 heteroatoms. The quantitative estimate of drug-likeness (QED) is 0.457. The SMILES string of the molecule is O=C([OH2+])C1CCCC1. The minimum Gasteiger partial charge on any atom is -0.565 e. The van der Waals surface area contributed by atoms with Gasteiger partial charge in [-0.05, 0) is 12.8 Å². The number of hydrogen-bond acceptors (Lipinski definition) is 1. The van der Waals surface area contributed by atoms with E-state index in [-0.39, 0.29) is 11.9 Å². The molecule has 8 heavy (non-hydrogen) atoms. The average molecular weight is 115 g/mol. The predicted octanol–water partition coefficient (Wildman–Crippen LogP) is 0.428. The van der Waals surface area contributed by atoms with E-state index in [9.17, 15) is 4.79 Å². The highest BCUT2D eigenvalue weighted by Gasteiger charge is 2.27. The van der Waals surface area contributed by atoms with Crippen molar-refractivity contribution in [1.82, 2.24) is 0 Å². The molecule has 0 unspecified atom stereocenters. The second kappa shape index (κ2) is 2.16. The molecular formula is C6H11O2+. The number of carbonyl (C=O) groups is 1. The third-order valence-corrected chi connectivity index (χ3v) is 1.73. The molecule has 0 saturated heterocycles. The van der Waals surface area contributed by atoms with E-state index >= 15 is 0 Å². The summed E-state index contributed by atoms with van der Waals surface area (Å²) in [5.41, 5.74) is 0. The van der Waals surface area contributed by atoms with Gasteiger partial charge in [0.25, 0.3) is 0 Å². The summed E-state index contributed by atoms with van der Waals surface area (Å²) in [5.74, 6) is -0.266. The summed E-state index contributed by atoms with van der Waals surface area (Å²) in [4.78, 5) is 10.3. The third-order valence-electron chi connectivity index (χ3n) is 1.73. The zero-order chi connectivity index (χ0) is 5.98. The van der Waals surface area contributed by atoms with E-state index in [1.54, 1.807) is 0 Å². The first kappa shape index (κ1) is 5.60. The van der Waals surface area contributed by atoms with Gasteiger partial charge in [0.2, 0.25) is 0 Å². The number of carbonyl (C=O) groups excluding carboxylic acids is 1. The summed E-state index contributed by atoms with van der Waals surface area (Å²) in [7, 11) is 0. The molecule has 0 radical (unpaired) electrons. The predicted molar refractivity (Wildman–Crippen MR) is 30.6 cm³/mol. The molecule has 0 heterocycles. The highest BCUT2D eigenvalue weighted by molar-refractivity contribution is 5.70. The third kappa shape index (κ3) is 0.997. The van der Waals surface area contributed by atoms with Gasteiger partial charge in [-0.3, -0.25) is 0 Å². The first-order valence-electron chi connectivity index (χ1n) is 3.06. The topological polar surface area (TPSA) is 40.0 Å². The lowest BCUT2D eigenvalue weighted by Crippen LogP contribution is -2.07. The Bertz CT molecular complexity index is 92.7. The Morgan fingerprint density at radius 3 is 2.12 bits per heavy atom. The van der Waals surface area contributed by atoms with E-state index in [0.717, 1.165) is 25.7 Å². The summed E-state index contributed by atoms with van der Waals surface area (Å²) in [5, 5.41) is 6.74. The zero-order valence-electron chi connectivity index (χ0n) is 4.81. The molecule has 0 aromatic heterocycles. The maximum absolute atomic E-state index is 10.3. The first-order valence-corrected chi connectivity index (χ1v) is 3.06. The molecule has 1 saturated carbocycles. The summed E-state index contributed by atoms with van der Waals surface area (Å²) in [6, 6.07) is 0. The van der Waals surface area contributed by atoms with Crippen molar-refractivity contribution < 1.29 is 9.90 Å². The Balaban J connectivity index is 2.35. The molecule has 1 aliphatic carbocycles. The largest absolute Gasteiger partial charge is 0.565 e. The molecule has 1 fully saturated rings. The molecule has 0 bridgehead atoms. The lowest BCUT2D eigenvalue weighted by Gasteiger charge is -1.90.